The monoisotopic (exact) mass is 255 g/mol. The Kier molecular flexibility index (Phi) is 4.59. The van der Waals surface area contributed by atoms with Gasteiger partial charge in [0, 0.05) is 38.8 Å². The van der Waals surface area contributed by atoms with Gasteiger partial charge in [0.15, 0.2) is 0 Å². The predicted octanol–water partition coefficient (Wildman–Crippen LogP) is 0.0453. The molecule has 2 aliphatic heterocycles. The van der Waals surface area contributed by atoms with Crippen LogP contribution >= 0.6 is 0 Å². The molecule has 0 aromatic carbocycles. The van der Waals surface area contributed by atoms with Crippen LogP contribution in [0.1, 0.15) is 26.7 Å². The van der Waals surface area contributed by atoms with E-state index in [9.17, 15) is 4.79 Å². The summed E-state index contributed by atoms with van der Waals surface area (Å²) in [6, 6.07) is 0.407. The number of carbonyl (C=O) groups is 1. The highest BCUT2D eigenvalue weighted by molar-refractivity contribution is 5.81. The molecule has 0 aliphatic carbocycles. The Bertz CT molecular complexity index is 290. The van der Waals surface area contributed by atoms with Crippen molar-refractivity contribution in [2.24, 2.45) is 5.73 Å². The van der Waals surface area contributed by atoms with Crippen LogP contribution in [0.25, 0.3) is 0 Å². The van der Waals surface area contributed by atoms with E-state index in [0.29, 0.717) is 12.6 Å². The summed E-state index contributed by atoms with van der Waals surface area (Å²) in [4.78, 5) is 16.5. The van der Waals surface area contributed by atoms with Crippen molar-refractivity contribution in [1.82, 2.24) is 9.80 Å². The summed E-state index contributed by atoms with van der Waals surface area (Å²) in [5, 5.41) is 0. The fourth-order valence-electron chi connectivity index (χ4n) is 2.72. The van der Waals surface area contributed by atoms with Crippen molar-refractivity contribution in [1.29, 1.82) is 0 Å². The molecule has 2 saturated heterocycles. The average molecular weight is 255 g/mol. The smallest absolute Gasteiger partial charge is 0.251 e. The minimum absolute atomic E-state index is 0.180. The maximum Gasteiger partial charge on any atom is 0.251 e. The minimum Gasteiger partial charge on any atom is -0.365 e. The number of piperazine rings is 1. The van der Waals surface area contributed by atoms with Gasteiger partial charge in [0.2, 0.25) is 0 Å². The maximum atomic E-state index is 12.2. The number of hydrogen-bond donors (Lipinski definition) is 1. The molecule has 2 aliphatic rings. The van der Waals surface area contributed by atoms with Gasteiger partial charge in [-0.1, -0.05) is 0 Å². The van der Waals surface area contributed by atoms with Gasteiger partial charge < -0.3 is 15.4 Å². The van der Waals surface area contributed by atoms with E-state index in [1.165, 1.54) is 0 Å². The molecule has 3 atom stereocenters. The lowest BCUT2D eigenvalue weighted by atomic mass is 10.1. The van der Waals surface area contributed by atoms with Crippen molar-refractivity contribution in [2.75, 3.05) is 32.7 Å². The van der Waals surface area contributed by atoms with Crippen molar-refractivity contribution < 1.29 is 9.53 Å². The molecule has 104 valence electrons. The Hall–Kier alpha value is -0.650. The van der Waals surface area contributed by atoms with Gasteiger partial charge in [-0.2, -0.15) is 0 Å². The fourth-order valence-corrected chi connectivity index (χ4v) is 2.72. The molecule has 5 heteroatoms. The fraction of sp³-hybridized carbons (Fsp3) is 0.923. The first-order valence-corrected chi connectivity index (χ1v) is 7.00. The first-order chi connectivity index (χ1) is 8.61. The molecule has 0 aromatic heterocycles. The van der Waals surface area contributed by atoms with E-state index in [1.54, 1.807) is 0 Å². The zero-order chi connectivity index (χ0) is 13.1. The van der Waals surface area contributed by atoms with Crippen LogP contribution in [-0.4, -0.2) is 66.7 Å². The minimum atomic E-state index is -0.196. The summed E-state index contributed by atoms with van der Waals surface area (Å²) in [5.74, 6) is 0.180. The third-order valence-corrected chi connectivity index (χ3v) is 4.10. The second-order valence-corrected chi connectivity index (χ2v) is 5.46. The number of amides is 1. The second kappa shape index (κ2) is 5.99. The molecule has 2 rings (SSSR count). The SMILES string of the molecule is CC1CCC(C(=O)N2CCN(C(C)CN)CC2)O1. The van der Waals surface area contributed by atoms with Crippen LogP contribution in [0.5, 0.6) is 0 Å². The molecule has 0 aromatic rings. The number of nitrogens with two attached hydrogens (primary N) is 1. The first-order valence-electron chi connectivity index (χ1n) is 7.00. The van der Waals surface area contributed by atoms with Gasteiger partial charge in [-0.15, -0.1) is 0 Å². The van der Waals surface area contributed by atoms with Gasteiger partial charge in [-0.05, 0) is 26.7 Å². The Morgan fingerprint density at radius 3 is 2.50 bits per heavy atom. The highest BCUT2D eigenvalue weighted by Crippen LogP contribution is 2.21. The highest BCUT2D eigenvalue weighted by atomic mass is 16.5. The molecule has 0 bridgehead atoms. The van der Waals surface area contributed by atoms with E-state index >= 15 is 0 Å². The topological polar surface area (TPSA) is 58.8 Å². The van der Waals surface area contributed by atoms with Crippen LogP contribution in [-0.2, 0) is 9.53 Å². The second-order valence-electron chi connectivity index (χ2n) is 5.46. The lowest BCUT2D eigenvalue weighted by Gasteiger charge is -2.38. The standard InChI is InChI=1S/C13H25N3O2/c1-10(9-14)15-5-7-16(8-6-15)13(17)12-4-3-11(2)18-12/h10-12H,3-9,14H2,1-2H3. The summed E-state index contributed by atoms with van der Waals surface area (Å²) in [6.45, 7) is 8.30. The number of ether oxygens (including phenoxy) is 1. The van der Waals surface area contributed by atoms with E-state index in [1.807, 2.05) is 11.8 Å². The molecular formula is C13H25N3O2. The Labute approximate surface area is 109 Å². The van der Waals surface area contributed by atoms with Gasteiger partial charge in [-0.25, -0.2) is 0 Å². The van der Waals surface area contributed by atoms with Crippen LogP contribution in [0.2, 0.25) is 0 Å². The van der Waals surface area contributed by atoms with Crippen molar-refractivity contribution in [3.05, 3.63) is 0 Å². The summed E-state index contributed by atoms with van der Waals surface area (Å²) in [7, 11) is 0. The molecule has 0 spiro atoms. The van der Waals surface area contributed by atoms with Gasteiger partial charge in [0.25, 0.3) is 5.91 Å². The number of carbonyl (C=O) groups excluding carboxylic acids is 1. The van der Waals surface area contributed by atoms with Crippen LogP contribution < -0.4 is 5.73 Å². The lowest BCUT2D eigenvalue weighted by molar-refractivity contribution is -0.144. The molecule has 1 amide bonds. The molecule has 5 nitrogen and oxygen atoms in total. The number of nitrogens with zero attached hydrogens (tertiary/aromatic N) is 2. The summed E-state index contributed by atoms with van der Waals surface area (Å²) in [5.41, 5.74) is 5.67. The Morgan fingerprint density at radius 1 is 1.33 bits per heavy atom. The van der Waals surface area contributed by atoms with Crippen LogP contribution in [0.4, 0.5) is 0 Å². The lowest BCUT2D eigenvalue weighted by Crippen LogP contribution is -2.54. The molecule has 2 N–H and O–H groups in total. The number of hydrogen-bond acceptors (Lipinski definition) is 4. The predicted molar refractivity (Wildman–Crippen MR) is 70.2 cm³/mol. The number of rotatable bonds is 3. The summed E-state index contributed by atoms with van der Waals surface area (Å²) >= 11 is 0. The summed E-state index contributed by atoms with van der Waals surface area (Å²) in [6.07, 6.45) is 1.91. The van der Waals surface area contributed by atoms with Gasteiger partial charge in [0.1, 0.15) is 6.10 Å². The zero-order valence-corrected chi connectivity index (χ0v) is 11.5. The molecular weight excluding hydrogens is 230 g/mol. The Balaban J connectivity index is 1.80. The van der Waals surface area contributed by atoms with Crippen LogP contribution in [0.15, 0.2) is 0 Å². The van der Waals surface area contributed by atoms with E-state index in [0.717, 1.165) is 39.0 Å². The quantitative estimate of drug-likeness (QED) is 0.774. The van der Waals surface area contributed by atoms with Gasteiger partial charge in [0.05, 0.1) is 6.10 Å². The van der Waals surface area contributed by atoms with Gasteiger partial charge >= 0.3 is 0 Å². The maximum absolute atomic E-state index is 12.2. The van der Waals surface area contributed by atoms with Crippen molar-refractivity contribution >= 4 is 5.91 Å². The first kappa shape index (κ1) is 13.8. The molecule has 2 heterocycles. The van der Waals surface area contributed by atoms with E-state index in [-0.39, 0.29) is 18.1 Å². The van der Waals surface area contributed by atoms with Crippen molar-refractivity contribution in [3.63, 3.8) is 0 Å². The van der Waals surface area contributed by atoms with Gasteiger partial charge in [-0.3, -0.25) is 9.69 Å². The van der Waals surface area contributed by atoms with E-state index in [4.69, 9.17) is 10.5 Å². The zero-order valence-electron chi connectivity index (χ0n) is 11.5. The molecule has 0 radical (unpaired) electrons. The van der Waals surface area contributed by atoms with E-state index in [2.05, 4.69) is 11.8 Å². The van der Waals surface area contributed by atoms with Crippen molar-refractivity contribution in [3.8, 4) is 0 Å². The highest BCUT2D eigenvalue weighted by Gasteiger charge is 2.33. The third-order valence-electron chi connectivity index (χ3n) is 4.10. The Morgan fingerprint density at radius 2 is 2.00 bits per heavy atom. The molecule has 18 heavy (non-hydrogen) atoms. The van der Waals surface area contributed by atoms with Crippen LogP contribution in [0.3, 0.4) is 0 Å². The third kappa shape index (κ3) is 3.02. The molecule has 0 saturated carbocycles. The molecule has 3 unspecified atom stereocenters. The van der Waals surface area contributed by atoms with Crippen LogP contribution in [0, 0.1) is 0 Å². The largest absolute Gasteiger partial charge is 0.365 e. The van der Waals surface area contributed by atoms with Crippen molar-refractivity contribution in [2.45, 2.75) is 44.9 Å². The molecule has 2 fully saturated rings. The van der Waals surface area contributed by atoms with E-state index < -0.39 is 0 Å². The summed E-state index contributed by atoms with van der Waals surface area (Å²) < 4.78 is 5.65. The average Bonchev–Trinajstić information content (AvgIpc) is 2.84. The normalized spacial score (nSPS) is 31.6.